The molecule has 0 aliphatic rings. The monoisotopic (exact) mass is 313 g/mol. The lowest BCUT2D eigenvalue weighted by Crippen LogP contribution is -2.28. The maximum absolute atomic E-state index is 10.9. The van der Waals surface area contributed by atoms with Crippen LogP contribution in [0.4, 0.5) is 5.69 Å². The fourth-order valence-electron chi connectivity index (χ4n) is 1.33. The molecule has 0 bridgehead atoms. The summed E-state index contributed by atoms with van der Waals surface area (Å²) in [6, 6.07) is 5.21. The number of hydrogen-bond donors (Lipinski definition) is 2. The van der Waals surface area contributed by atoms with E-state index in [1.165, 1.54) is 0 Å². The van der Waals surface area contributed by atoms with E-state index in [0.717, 1.165) is 12.2 Å². The second-order valence-electron chi connectivity index (χ2n) is 5.50. The van der Waals surface area contributed by atoms with Gasteiger partial charge in [0, 0.05) is 16.7 Å². The highest BCUT2D eigenvalue weighted by Crippen LogP contribution is 2.27. The topological polar surface area (TPSA) is 49.3 Å². The molecule has 18 heavy (non-hydrogen) atoms. The van der Waals surface area contributed by atoms with Crippen LogP contribution in [0.15, 0.2) is 22.7 Å². The first kappa shape index (κ1) is 15.0. The summed E-state index contributed by atoms with van der Waals surface area (Å²) in [5, 5.41) is 12.3. The van der Waals surface area contributed by atoms with Crippen molar-refractivity contribution < 1.29 is 9.90 Å². The fourth-order valence-corrected chi connectivity index (χ4v) is 1.88. The van der Waals surface area contributed by atoms with Crippen molar-refractivity contribution >= 4 is 27.6 Å². The van der Waals surface area contributed by atoms with Gasteiger partial charge in [0.25, 0.3) is 0 Å². The maximum atomic E-state index is 10.9. The predicted molar refractivity (Wildman–Crippen MR) is 78.2 cm³/mol. The van der Waals surface area contributed by atoms with Crippen LogP contribution in [0.1, 0.15) is 38.1 Å². The van der Waals surface area contributed by atoms with E-state index in [-0.39, 0.29) is 11.0 Å². The molecule has 0 aliphatic heterocycles. The minimum Gasteiger partial charge on any atom is -0.478 e. The van der Waals surface area contributed by atoms with Crippen LogP contribution in [0.2, 0.25) is 0 Å². The number of aromatic carboxylic acids is 1. The van der Waals surface area contributed by atoms with Gasteiger partial charge >= 0.3 is 5.97 Å². The van der Waals surface area contributed by atoms with Gasteiger partial charge in [0.1, 0.15) is 0 Å². The van der Waals surface area contributed by atoms with Crippen molar-refractivity contribution in [1.82, 2.24) is 0 Å². The Morgan fingerprint density at radius 2 is 2.06 bits per heavy atom. The number of nitrogens with one attached hydrogen (secondary N) is 1. The molecule has 1 rings (SSSR count). The summed E-state index contributed by atoms with van der Waals surface area (Å²) in [5.74, 6) is -0.345. The van der Waals surface area contributed by atoms with E-state index in [1.807, 2.05) is 0 Å². The Balaban J connectivity index is 2.76. The van der Waals surface area contributed by atoms with Gasteiger partial charge in [-0.15, -0.1) is 0 Å². The van der Waals surface area contributed by atoms with Crippen LogP contribution in [0.25, 0.3) is 0 Å². The van der Waals surface area contributed by atoms with Crippen molar-refractivity contribution in [3.63, 3.8) is 0 Å². The third-order valence-corrected chi connectivity index (χ3v) is 4.17. The number of benzene rings is 1. The molecule has 0 atom stereocenters. The Kier molecular flexibility index (Phi) is 4.79. The molecule has 0 spiro atoms. The zero-order valence-corrected chi connectivity index (χ0v) is 12.8. The number of carbonyl (C=O) groups is 1. The Hall–Kier alpha value is -1.03. The predicted octanol–water partition coefficient (Wildman–Crippen LogP) is 4.24. The first-order valence-electron chi connectivity index (χ1n) is 6.01. The highest BCUT2D eigenvalue weighted by atomic mass is 79.9. The van der Waals surface area contributed by atoms with Gasteiger partial charge in [0.15, 0.2) is 0 Å². The Morgan fingerprint density at radius 1 is 1.44 bits per heavy atom. The van der Waals surface area contributed by atoms with E-state index in [4.69, 9.17) is 5.11 Å². The SMILES string of the molecule is CC(C)C(C)(C)CNc1ccc(C(=O)O)c(Br)c1. The molecule has 0 fully saturated rings. The molecule has 0 aromatic heterocycles. The Labute approximate surface area is 117 Å². The van der Waals surface area contributed by atoms with E-state index < -0.39 is 5.97 Å². The highest BCUT2D eigenvalue weighted by Gasteiger charge is 2.21. The summed E-state index contributed by atoms with van der Waals surface area (Å²) in [4.78, 5) is 10.9. The summed E-state index contributed by atoms with van der Waals surface area (Å²) < 4.78 is 0.599. The van der Waals surface area contributed by atoms with Crippen molar-refractivity contribution in [1.29, 1.82) is 0 Å². The lowest BCUT2D eigenvalue weighted by Gasteiger charge is -2.30. The van der Waals surface area contributed by atoms with Gasteiger partial charge in [0.2, 0.25) is 0 Å². The molecular formula is C14H20BrNO2. The van der Waals surface area contributed by atoms with Crippen molar-refractivity contribution in [2.24, 2.45) is 11.3 Å². The average molecular weight is 314 g/mol. The van der Waals surface area contributed by atoms with Crippen LogP contribution in [-0.2, 0) is 0 Å². The van der Waals surface area contributed by atoms with Crippen molar-refractivity contribution in [3.05, 3.63) is 28.2 Å². The fraction of sp³-hybridized carbons (Fsp3) is 0.500. The zero-order valence-electron chi connectivity index (χ0n) is 11.2. The van der Waals surface area contributed by atoms with Gasteiger partial charge in [-0.1, -0.05) is 27.7 Å². The highest BCUT2D eigenvalue weighted by molar-refractivity contribution is 9.10. The molecular weight excluding hydrogens is 294 g/mol. The minimum absolute atomic E-state index is 0.192. The molecule has 1 aromatic carbocycles. The quantitative estimate of drug-likeness (QED) is 0.854. The molecule has 0 saturated heterocycles. The number of halogens is 1. The third-order valence-electron chi connectivity index (χ3n) is 3.51. The normalized spacial score (nSPS) is 11.7. The van der Waals surface area contributed by atoms with Gasteiger partial charge in [-0.25, -0.2) is 4.79 Å². The number of carboxylic acids is 1. The van der Waals surface area contributed by atoms with Crippen molar-refractivity contribution in [3.8, 4) is 0 Å². The second kappa shape index (κ2) is 5.74. The zero-order chi connectivity index (χ0) is 13.9. The Bertz CT molecular complexity index is 441. The lowest BCUT2D eigenvalue weighted by molar-refractivity contribution is 0.0696. The molecule has 0 radical (unpaired) electrons. The van der Waals surface area contributed by atoms with Gasteiger partial charge < -0.3 is 10.4 Å². The molecule has 0 amide bonds. The first-order chi connectivity index (χ1) is 8.24. The largest absolute Gasteiger partial charge is 0.478 e. The number of carboxylic acid groups (broad SMARTS) is 1. The molecule has 3 nitrogen and oxygen atoms in total. The van der Waals surface area contributed by atoms with Crippen LogP contribution in [-0.4, -0.2) is 17.6 Å². The van der Waals surface area contributed by atoms with Gasteiger partial charge in [-0.05, 0) is 45.5 Å². The molecule has 0 unspecified atom stereocenters. The van der Waals surface area contributed by atoms with Crippen molar-refractivity contribution in [2.75, 3.05) is 11.9 Å². The average Bonchev–Trinajstić information content (AvgIpc) is 2.25. The van der Waals surface area contributed by atoms with Crippen LogP contribution in [0, 0.1) is 11.3 Å². The smallest absolute Gasteiger partial charge is 0.336 e. The second-order valence-corrected chi connectivity index (χ2v) is 6.35. The van der Waals surface area contributed by atoms with E-state index >= 15 is 0 Å². The molecule has 100 valence electrons. The van der Waals surface area contributed by atoms with Gasteiger partial charge in [-0.3, -0.25) is 0 Å². The molecule has 0 saturated carbocycles. The maximum Gasteiger partial charge on any atom is 0.336 e. The van der Waals surface area contributed by atoms with E-state index in [0.29, 0.717) is 10.4 Å². The van der Waals surface area contributed by atoms with E-state index in [1.54, 1.807) is 18.2 Å². The Morgan fingerprint density at radius 3 is 2.50 bits per heavy atom. The molecule has 0 aliphatic carbocycles. The van der Waals surface area contributed by atoms with Crippen LogP contribution in [0.5, 0.6) is 0 Å². The third kappa shape index (κ3) is 3.73. The first-order valence-corrected chi connectivity index (χ1v) is 6.80. The van der Waals surface area contributed by atoms with Crippen LogP contribution >= 0.6 is 15.9 Å². The summed E-state index contributed by atoms with van der Waals surface area (Å²) in [5.41, 5.74) is 1.40. The van der Waals surface area contributed by atoms with Crippen LogP contribution < -0.4 is 5.32 Å². The van der Waals surface area contributed by atoms with E-state index in [9.17, 15) is 4.79 Å². The lowest BCUT2D eigenvalue weighted by atomic mass is 9.81. The number of hydrogen-bond acceptors (Lipinski definition) is 2. The number of rotatable bonds is 5. The molecule has 0 heterocycles. The summed E-state index contributed by atoms with van der Waals surface area (Å²) in [7, 11) is 0. The summed E-state index contributed by atoms with van der Waals surface area (Å²) >= 11 is 3.28. The standard InChI is InChI=1S/C14H20BrNO2/c1-9(2)14(3,4)8-16-10-5-6-11(13(17)18)12(15)7-10/h5-7,9,16H,8H2,1-4H3,(H,17,18). The van der Waals surface area contributed by atoms with E-state index in [2.05, 4.69) is 48.9 Å². The molecule has 2 N–H and O–H groups in total. The van der Waals surface area contributed by atoms with Gasteiger partial charge in [-0.2, -0.15) is 0 Å². The minimum atomic E-state index is -0.920. The molecule has 1 aromatic rings. The van der Waals surface area contributed by atoms with Crippen molar-refractivity contribution in [2.45, 2.75) is 27.7 Å². The van der Waals surface area contributed by atoms with Gasteiger partial charge in [0.05, 0.1) is 5.56 Å². The number of anilines is 1. The van der Waals surface area contributed by atoms with Crippen LogP contribution in [0.3, 0.4) is 0 Å². The summed E-state index contributed by atoms with van der Waals surface area (Å²) in [6.07, 6.45) is 0. The molecule has 4 heteroatoms. The summed E-state index contributed by atoms with van der Waals surface area (Å²) in [6.45, 7) is 9.68.